The number of fused-ring (bicyclic) bond motifs is 2. The van der Waals surface area contributed by atoms with Gasteiger partial charge >= 0.3 is 5.97 Å². The van der Waals surface area contributed by atoms with E-state index in [1.165, 1.54) is 10.8 Å². The summed E-state index contributed by atoms with van der Waals surface area (Å²) in [4.78, 5) is 28.0. The maximum Gasteiger partial charge on any atom is 0.341 e. The van der Waals surface area contributed by atoms with Gasteiger partial charge in [0.05, 0.1) is 34.2 Å². The number of nitrogens with one attached hydrogen (secondary N) is 2. The molecule has 2 aromatic carbocycles. The lowest BCUT2D eigenvalue weighted by molar-refractivity contribution is -0.139. The van der Waals surface area contributed by atoms with Crippen molar-refractivity contribution < 1.29 is 14.6 Å². The van der Waals surface area contributed by atoms with Crippen molar-refractivity contribution in [2.75, 3.05) is 43.6 Å². The summed E-state index contributed by atoms with van der Waals surface area (Å²) in [5, 5.41) is 30.7. The Labute approximate surface area is 214 Å². The summed E-state index contributed by atoms with van der Waals surface area (Å²) in [5.74, 6) is -0.781. The first-order chi connectivity index (χ1) is 17.7. The number of nitriles is 1. The van der Waals surface area contributed by atoms with Gasteiger partial charge in [0.2, 0.25) is 0 Å². The van der Waals surface area contributed by atoms with E-state index in [4.69, 9.17) is 15.3 Å². The monoisotopic (exact) mass is 500 g/mol. The molecule has 3 N–H and O–H groups in total. The molecule has 3 aromatic rings. The van der Waals surface area contributed by atoms with Crippen molar-refractivity contribution in [2.45, 2.75) is 6.92 Å². The zero-order chi connectivity index (χ0) is 26.9. The number of carboxylic acids is 1. The zero-order valence-corrected chi connectivity index (χ0v) is 21.1. The maximum atomic E-state index is 12.7. The number of aryl methyl sites for hydroxylation is 2. The van der Waals surface area contributed by atoms with Crippen molar-refractivity contribution >= 4 is 45.7 Å². The van der Waals surface area contributed by atoms with Crippen molar-refractivity contribution in [2.24, 2.45) is 7.05 Å². The molecule has 0 fully saturated rings. The van der Waals surface area contributed by atoms with Crippen LogP contribution >= 0.6 is 0 Å². The van der Waals surface area contributed by atoms with Crippen LogP contribution in [0.5, 0.6) is 5.75 Å². The van der Waals surface area contributed by atoms with Gasteiger partial charge in [-0.3, -0.25) is 4.79 Å². The Morgan fingerprint density at radius 2 is 1.95 bits per heavy atom. The van der Waals surface area contributed by atoms with Crippen LogP contribution < -0.4 is 25.4 Å². The number of ether oxygens (including phenoxy) is 1. The van der Waals surface area contributed by atoms with Gasteiger partial charge in [-0.05, 0) is 25.1 Å². The lowest BCUT2D eigenvalue weighted by atomic mass is 9.97. The molecular weight excluding hydrogens is 472 g/mol. The lowest BCUT2D eigenvalue weighted by Crippen LogP contribution is -2.37. The van der Waals surface area contributed by atoms with Crippen molar-refractivity contribution in [3.8, 4) is 11.8 Å². The number of hydrogen-bond acceptors (Lipinski definition) is 8. The van der Waals surface area contributed by atoms with Gasteiger partial charge in [0.25, 0.3) is 5.56 Å². The predicted octanol–water partition coefficient (Wildman–Crippen LogP) is 2.98. The first-order valence-corrected chi connectivity index (χ1v) is 11.6. The Balaban J connectivity index is 2.00. The second-order valence-electron chi connectivity index (χ2n) is 8.85. The third kappa shape index (κ3) is 4.59. The number of hydrogen-bond donors (Lipinski definition) is 3. The number of likely N-dealkylation sites (N-methyl/N-ethyl adjacent to an activating group) is 1. The Morgan fingerprint density at radius 1 is 1.19 bits per heavy atom. The molecule has 0 spiro atoms. The highest BCUT2D eigenvalue weighted by Gasteiger charge is 2.27. The molecule has 0 radical (unpaired) electrons. The summed E-state index contributed by atoms with van der Waals surface area (Å²) in [6, 6.07) is 11.2. The molecule has 0 amide bonds. The summed E-state index contributed by atoms with van der Waals surface area (Å²) in [7, 11) is 5.38. The number of anilines is 3. The van der Waals surface area contributed by atoms with Crippen molar-refractivity contribution in [1.29, 1.82) is 10.7 Å². The molecule has 10 heteroatoms. The van der Waals surface area contributed by atoms with E-state index >= 15 is 0 Å². The maximum absolute atomic E-state index is 12.7. The van der Waals surface area contributed by atoms with Gasteiger partial charge in [0.15, 0.2) is 6.61 Å². The van der Waals surface area contributed by atoms with Crippen molar-refractivity contribution in [1.82, 2.24) is 9.88 Å². The number of aliphatic carboxylic acids is 1. The Bertz CT molecular complexity index is 1550. The number of allylic oxidation sites excluding steroid dienone is 1. The van der Waals surface area contributed by atoms with Crippen LogP contribution in [-0.2, 0) is 11.8 Å². The fraction of sp³-hybridized carbons (Fsp3) is 0.259. The van der Waals surface area contributed by atoms with Crippen LogP contribution in [0.2, 0.25) is 0 Å². The first kappa shape index (κ1) is 25.3. The van der Waals surface area contributed by atoms with E-state index in [1.54, 1.807) is 45.4 Å². The fourth-order valence-corrected chi connectivity index (χ4v) is 4.65. The largest absolute Gasteiger partial charge is 0.482 e. The van der Waals surface area contributed by atoms with Gasteiger partial charge in [0.1, 0.15) is 5.75 Å². The quantitative estimate of drug-likeness (QED) is 0.422. The van der Waals surface area contributed by atoms with E-state index in [0.717, 1.165) is 22.4 Å². The van der Waals surface area contributed by atoms with Crippen LogP contribution in [0, 0.1) is 23.7 Å². The molecule has 0 saturated carbocycles. The van der Waals surface area contributed by atoms with Crippen LogP contribution in [0.4, 0.5) is 17.1 Å². The molecule has 1 aromatic heterocycles. The van der Waals surface area contributed by atoms with Crippen molar-refractivity contribution in [3.05, 3.63) is 63.6 Å². The van der Waals surface area contributed by atoms with Crippen LogP contribution in [0.1, 0.15) is 16.7 Å². The second kappa shape index (κ2) is 10.1. The van der Waals surface area contributed by atoms with Gasteiger partial charge in [0, 0.05) is 80.9 Å². The number of nitrogens with zero attached hydrogens (tertiary/aromatic N) is 4. The van der Waals surface area contributed by atoms with Crippen LogP contribution in [0.25, 0.3) is 16.5 Å². The van der Waals surface area contributed by atoms with E-state index in [0.29, 0.717) is 46.6 Å². The normalized spacial score (nSPS) is 13.2. The molecule has 10 nitrogen and oxygen atoms in total. The van der Waals surface area contributed by atoms with E-state index < -0.39 is 12.6 Å². The smallest absolute Gasteiger partial charge is 0.341 e. The molecule has 37 heavy (non-hydrogen) atoms. The molecule has 0 atom stereocenters. The molecule has 0 bridgehead atoms. The Kier molecular flexibility index (Phi) is 6.89. The zero-order valence-electron chi connectivity index (χ0n) is 21.1. The van der Waals surface area contributed by atoms with Crippen LogP contribution in [0.3, 0.4) is 0 Å². The molecule has 1 aliphatic rings. The molecule has 0 saturated heterocycles. The van der Waals surface area contributed by atoms with E-state index in [-0.39, 0.29) is 5.56 Å². The summed E-state index contributed by atoms with van der Waals surface area (Å²) < 4.78 is 7.06. The number of aromatic nitrogens is 1. The minimum atomic E-state index is -1.10. The SMILES string of the molecule is CN/C=C(\C=N)c1cc2c(cc1C#N)N(c1cc(OCC(=O)O)cc3c1cc(C)c(=O)n3C)CCN2C. The summed E-state index contributed by atoms with van der Waals surface area (Å²) in [6.07, 6.45) is 2.88. The van der Waals surface area contributed by atoms with E-state index in [1.807, 2.05) is 19.2 Å². The topological polar surface area (TPSA) is 135 Å². The number of benzene rings is 2. The summed E-state index contributed by atoms with van der Waals surface area (Å²) in [5.41, 5.74) is 5.05. The average Bonchev–Trinajstić information content (AvgIpc) is 2.89. The molecular formula is C27H28N6O4. The van der Waals surface area contributed by atoms with Gasteiger partial charge in [-0.25, -0.2) is 4.79 Å². The minimum Gasteiger partial charge on any atom is -0.482 e. The number of pyridine rings is 1. The average molecular weight is 501 g/mol. The summed E-state index contributed by atoms with van der Waals surface area (Å²) >= 11 is 0. The highest BCUT2D eigenvalue weighted by atomic mass is 16.5. The molecule has 2 heterocycles. The van der Waals surface area contributed by atoms with Gasteiger partial charge in [-0.1, -0.05) is 0 Å². The lowest BCUT2D eigenvalue weighted by Gasteiger charge is -2.38. The van der Waals surface area contributed by atoms with Crippen molar-refractivity contribution in [3.63, 3.8) is 0 Å². The molecule has 0 aliphatic carbocycles. The third-order valence-corrected chi connectivity index (χ3v) is 6.49. The molecule has 1 aliphatic heterocycles. The summed E-state index contributed by atoms with van der Waals surface area (Å²) in [6.45, 7) is 2.49. The minimum absolute atomic E-state index is 0.153. The van der Waals surface area contributed by atoms with E-state index in [9.17, 15) is 14.9 Å². The Morgan fingerprint density at radius 3 is 2.59 bits per heavy atom. The van der Waals surface area contributed by atoms with Crippen LogP contribution in [-0.4, -0.2) is 55.6 Å². The van der Waals surface area contributed by atoms with Crippen LogP contribution in [0.15, 0.2) is 41.3 Å². The van der Waals surface area contributed by atoms with E-state index in [2.05, 4.69) is 21.2 Å². The fourth-order valence-electron chi connectivity index (χ4n) is 4.65. The van der Waals surface area contributed by atoms with Gasteiger partial charge in [-0.2, -0.15) is 5.26 Å². The number of rotatable bonds is 7. The Hall–Kier alpha value is -4.78. The number of carbonyl (C=O) groups is 1. The number of carboxylic acid groups (broad SMARTS) is 1. The van der Waals surface area contributed by atoms with Gasteiger partial charge in [-0.15, -0.1) is 0 Å². The molecule has 0 unspecified atom stereocenters. The molecule has 4 rings (SSSR count). The predicted molar refractivity (Wildman–Crippen MR) is 144 cm³/mol. The standard InChI is InChI=1S/C27H28N6O4/c1-16-7-21-22(32(4)27(16)36)9-19(37-15-26(34)35)10-23(21)33-6-5-31(3)24-11-20(18(13-29)14-30-2)17(12-28)8-25(24)33/h7-11,13-14,29-30H,5-6,15H2,1-4H3,(H,34,35)/b18-14+,29-13?. The van der Waals surface area contributed by atoms with Gasteiger partial charge < -0.3 is 34.9 Å². The molecule has 190 valence electrons. The second-order valence-corrected chi connectivity index (χ2v) is 8.85. The first-order valence-electron chi connectivity index (χ1n) is 11.6. The highest BCUT2D eigenvalue weighted by molar-refractivity contribution is 6.10. The third-order valence-electron chi connectivity index (χ3n) is 6.49. The highest BCUT2D eigenvalue weighted by Crippen LogP contribution is 2.43.